The summed E-state index contributed by atoms with van der Waals surface area (Å²) < 4.78 is 5.28. The molecule has 1 aromatic carbocycles. The summed E-state index contributed by atoms with van der Waals surface area (Å²) in [6.45, 7) is 0.605. The normalized spacial score (nSPS) is 19.4. The van der Waals surface area contributed by atoms with E-state index in [9.17, 15) is 4.79 Å². The molecule has 0 spiro atoms. The van der Waals surface area contributed by atoms with Gasteiger partial charge in [0.2, 0.25) is 0 Å². The maximum atomic E-state index is 11.9. The molecule has 1 aromatic rings. The molecule has 4 N–H and O–H groups in total. The smallest absolute Gasteiger partial charge is 0.253 e. The second kappa shape index (κ2) is 5.90. The van der Waals surface area contributed by atoms with Crippen LogP contribution >= 0.6 is 11.6 Å². The molecule has 0 bridgehead atoms. The minimum absolute atomic E-state index is 0.0427. The molecule has 102 valence electrons. The number of oxime groups is 1. The summed E-state index contributed by atoms with van der Waals surface area (Å²) in [5, 5.41) is 14.5. The number of anilines is 1. The van der Waals surface area contributed by atoms with Crippen LogP contribution in [0.2, 0.25) is 5.02 Å². The number of nitrogens with zero attached hydrogens (tertiary/aromatic N) is 1. The maximum absolute atomic E-state index is 11.9. The number of hydrogen-bond donors (Lipinski definition) is 3. The Labute approximate surface area is 115 Å². The van der Waals surface area contributed by atoms with Crippen molar-refractivity contribution in [2.24, 2.45) is 10.9 Å². The third-order valence-corrected chi connectivity index (χ3v) is 3.17. The first-order valence-corrected chi connectivity index (χ1v) is 6.19. The van der Waals surface area contributed by atoms with E-state index in [2.05, 4.69) is 10.5 Å². The van der Waals surface area contributed by atoms with Gasteiger partial charge in [0.05, 0.1) is 10.7 Å². The lowest BCUT2D eigenvalue weighted by molar-refractivity contribution is -0.124. The maximum Gasteiger partial charge on any atom is 0.253 e. The summed E-state index contributed by atoms with van der Waals surface area (Å²) in [7, 11) is 0. The van der Waals surface area contributed by atoms with Gasteiger partial charge in [0.1, 0.15) is 6.10 Å². The molecule has 1 aliphatic heterocycles. The third kappa shape index (κ3) is 3.15. The number of nitrogens with two attached hydrogens (primary N) is 1. The lowest BCUT2D eigenvalue weighted by Crippen LogP contribution is -2.27. The predicted molar refractivity (Wildman–Crippen MR) is 71.6 cm³/mol. The SMILES string of the molecule is N/C(=N/O)c1ccc(NC(=O)C2CCCO2)c(Cl)c1. The molecular weight excluding hydrogens is 270 g/mol. The molecule has 0 radical (unpaired) electrons. The number of halogens is 1. The minimum atomic E-state index is -0.417. The molecule has 7 heteroatoms. The van der Waals surface area contributed by atoms with Crippen LogP contribution in [0.1, 0.15) is 18.4 Å². The van der Waals surface area contributed by atoms with Crippen molar-refractivity contribution in [1.82, 2.24) is 0 Å². The molecule has 6 nitrogen and oxygen atoms in total. The van der Waals surface area contributed by atoms with Crippen molar-refractivity contribution < 1.29 is 14.7 Å². The van der Waals surface area contributed by atoms with E-state index in [0.717, 1.165) is 6.42 Å². The quantitative estimate of drug-likeness (QED) is 0.339. The standard InChI is InChI=1S/C12H14ClN3O3/c13-8-6-7(11(14)16-18)3-4-9(8)15-12(17)10-2-1-5-19-10/h3-4,6,10,18H,1-2,5H2,(H2,14,16)(H,15,17). The topological polar surface area (TPSA) is 96.9 Å². The van der Waals surface area contributed by atoms with E-state index in [1.165, 1.54) is 6.07 Å². The van der Waals surface area contributed by atoms with E-state index in [-0.39, 0.29) is 11.7 Å². The third-order valence-electron chi connectivity index (χ3n) is 2.85. The van der Waals surface area contributed by atoms with Crippen molar-refractivity contribution in [3.05, 3.63) is 28.8 Å². The van der Waals surface area contributed by atoms with E-state index in [0.29, 0.717) is 29.3 Å². The van der Waals surface area contributed by atoms with Crippen LogP contribution in [-0.2, 0) is 9.53 Å². The molecule has 1 amide bonds. The summed E-state index contributed by atoms with van der Waals surface area (Å²) in [6.07, 6.45) is 1.18. The van der Waals surface area contributed by atoms with Crippen molar-refractivity contribution in [2.75, 3.05) is 11.9 Å². The lowest BCUT2D eigenvalue weighted by Gasteiger charge is -2.12. The van der Waals surface area contributed by atoms with Gasteiger partial charge in [-0.2, -0.15) is 0 Å². The highest BCUT2D eigenvalue weighted by atomic mass is 35.5. The van der Waals surface area contributed by atoms with Crippen LogP contribution in [0.25, 0.3) is 0 Å². The Morgan fingerprint density at radius 1 is 1.58 bits per heavy atom. The Morgan fingerprint density at radius 3 is 2.95 bits per heavy atom. The zero-order valence-electron chi connectivity index (χ0n) is 10.1. The average molecular weight is 284 g/mol. The van der Waals surface area contributed by atoms with Crippen LogP contribution < -0.4 is 11.1 Å². The van der Waals surface area contributed by atoms with Crippen LogP contribution in [-0.4, -0.2) is 29.7 Å². The number of benzene rings is 1. The van der Waals surface area contributed by atoms with Crippen molar-refractivity contribution in [1.29, 1.82) is 0 Å². The number of nitrogens with one attached hydrogen (secondary N) is 1. The zero-order chi connectivity index (χ0) is 13.8. The fraction of sp³-hybridized carbons (Fsp3) is 0.333. The van der Waals surface area contributed by atoms with Crippen molar-refractivity contribution in [2.45, 2.75) is 18.9 Å². The van der Waals surface area contributed by atoms with Gasteiger partial charge < -0.3 is 21.0 Å². The fourth-order valence-corrected chi connectivity index (χ4v) is 2.06. The van der Waals surface area contributed by atoms with Crippen molar-refractivity contribution in [3.8, 4) is 0 Å². The second-order valence-electron chi connectivity index (χ2n) is 4.17. The molecule has 1 saturated heterocycles. The van der Waals surface area contributed by atoms with E-state index in [4.69, 9.17) is 27.3 Å². The van der Waals surface area contributed by atoms with Gasteiger partial charge in [-0.3, -0.25) is 4.79 Å². The fourth-order valence-electron chi connectivity index (χ4n) is 1.83. The summed E-state index contributed by atoms with van der Waals surface area (Å²) in [5.74, 6) is -0.255. The minimum Gasteiger partial charge on any atom is -0.409 e. The molecule has 1 unspecified atom stereocenters. The van der Waals surface area contributed by atoms with Gasteiger partial charge >= 0.3 is 0 Å². The Morgan fingerprint density at radius 2 is 2.37 bits per heavy atom. The first-order chi connectivity index (χ1) is 9.11. The molecule has 2 rings (SSSR count). The molecule has 1 fully saturated rings. The summed E-state index contributed by atoms with van der Waals surface area (Å²) in [5.41, 5.74) is 6.39. The molecule has 0 aliphatic carbocycles. The van der Waals surface area contributed by atoms with Gasteiger partial charge in [-0.15, -0.1) is 0 Å². The van der Waals surface area contributed by atoms with Crippen molar-refractivity contribution >= 4 is 29.0 Å². The van der Waals surface area contributed by atoms with Crippen LogP contribution in [0.5, 0.6) is 0 Å². The molecule has 1 aliphatic rings. The van der Waals surface area contributed by atoms with Crippen LogP contribution in [0.3, 0.4) is 0 Å². The number of hydrogen-bond acceptors (Lipinski definition) is 4. The van der Waals surface area contributed by atoms with Gasteiger partial charge in [0, 0.05) is 12.2 Å². The van der Waals surface area contributed by atoms with E-state index in [1.807, 2.05) is 0 Å². The number of ether oxygens (including phenoxy) is 1. The molecule has 19 heavy (non-hydrogen) atoms. The van der Waals surface area contributed by atoms with Gasteiger partial charge in [0.15, 0.2) is 5.84 Å². The molecule has 1 heterocycles. The molecule has 0 saturated carbocycles. The molecule has 1 atom stereocenters. The van der Waals surface area contributed by atoms with Crippen LogP contribution in [0.15, 0.2) is 23.4 Å². The Bertz CT molecular complexity index is 513. The number of carbonyl (C=O) groups excluding carboxylic acids is 1. The highest BCUT2D eigenvalue weighted by Crippen LogP contribution is 2.24. The number of rotatable bonds is 3. The largest absolute Gasteiger partial charge is 0.409 e. The summed E-state index contributed by atoms with van der Waals surface area (Å²) >= 11 is 6.03. The second-order valence-corrected chi connectivity index (χ2v) is 4.58. The van der Waals surface area contributed by atoms with E-state index < -0.39 is 6.10 Å². The molecule has 0 aromatic heterocycles. The number of amidine groups is 1. The lowest BCUT2D eigenvalue weighted by atomic mass is 10.1. The summed E-state index contributed by atoms with van der Waals surface area (Å²) in [6, 6.07) is 4.72. The number of amides is 1. The van der Waals surface area contributed by atoms with Crippen LogP contribution in [0.4, 0.5) is 5.69 Å². The van der Waals surface area contributed by atoms with Gasteiger partial charge in [-0.1, -0.05) is 16.8 Å². The highest BCUT2D eigenvalue weighted by Gasteiger charge is 2.24. The van der Waals surface area contributed by atoms with Gasteiger partial charge in [0.25, 0.3) is 5.91 Å². The average Bonchev–Trinajstić information content (AvgIpc) is 2.94. The van der Waals surface area contributed by atoms with E-state index >= 15 is 0 Å². The predicted octanol–water partition coefficient (Wildman–Crippen LogP) is 1.55. The Hall–Kier alpha value is -1.79. The number of carbonyl (C=O) groups is 1. The Kier molecular flexibility index (Phi) is 4.24. The first-order valence-electron chi connectivity index (χ1n) is 5.81. The van der Waals surface area contributed by atoms with Crippen molar-refractivity contribution in [3.63, 3.8) is 0 Å². The monoisotopic (exact) mass is 283 g/mol. The van der Waals surface area contributed by atoms with E-state index in [1.54, 1.807) is 12.1 Å². The molecular formula is C12H14ClN3O3. The van der Waals surface area contributed by atoms with Gasteiger partial charge in [-0.25, -0.2) is 0 Å². The van der Waals surface area contributed by atoms with Crippen LogP contribution in [0, 0.1) is 0 Å². The highest BCUT2D eigenvalue weighted by molar-refractivity contribution is 6.34. The summed E-state index contributed by atoms with van der Waals surface area (Å²) in [4.78, 5) is 11.9. The Balaban J connectivity index is 2.10. The van der Waals surface area contributed by atoms with Gasteiger partial charge in [-0.05, 0) is 31.0 Å². The first kappa shape index (κ1) is 13.6. The zero-order valence-corrected chi connectivity index (χ0v) is 10.9.